The average Bonchev–Trinajstić information content (AvgIpc) is 2.81. The van der Waals surface area contributed by atoms with Gasteiger partial charge in [-0.05, 0) is 42.5 Å². The summed E-state index contributed by atoms with van der Waals surface area (Å²) >= 11 is 0. The van der Waals surface area contributed by atoms with Crippen molar-refractivity contribution in [2.24, 2.45) is 0 Å². The topological polar surface area (TPSA) is 46.5 Å². The van der Waals surface area contributed by atoms with E-state index in [1.165, 1.54) is 12.7 Å². The second-order valence-corrected chi connectivity index (χ2v) is 3.85. The van der Waals surface area contributed by atoms with Crippen LogP contribution < -0.4 is 0 Å². The third kappa shape index (κ3) is 1.94. The first kappa shape index (κ1) is 10.7. The normalized spacial score (nSPS) is 14.7. The minimum absolute atomic E-state index is 0.0165. The standard InChI is InChI=1S/C13H14O3/c1-16-13(15)11-7-6-10(8-12(11)14)9-4-2-3-5-9/h4,6-8,14H,2-3,5H2,1H3. The van der Waals surface area contributed by atoms with E-state index < -0.39 is 5.97 Å². The van der Waals surface area contributed by atoms with Crippen molar-refractivity contribution in [3.05, 3.63) is 35.4 Å². The molecule has 0 fully saturated rings. The highest BCUT2D eigenvalue weighted by atomic mass is 16.5. The SMILES string of the molecule is COC(=O)c1ccc(C2=CCCC2)cc1O. The van der Waals surface area contributed by atoms with E-state index in [2.05, 4.69) is 10.8 Å². The van der Waals surface area contributed by atoms with Crippen molar-refractivity contribution < 1.29 is 14.6 Å². The smallest absolute Gasteiger partial charge is 0.341 e. The van der Waals surface area contributed by atoms with E-state index in [9.17, 15) is 9.90 Å². The summed E-state index contributed by atoms with van der Waals surface area (Å²) in [5.41, 5.74) is 2.44. The fraction of sp³-hybridized carbons (Fsp3) is 0.308. The third-order valence-electron chi connectivity index (χ3n) is 2.81. The summed E-state index contributed by atoms with van der Waals surface area (Å²) in [6.45, 7) is 0. The molecule has 1 aliphatic carbocycles. The third-order valence-corrected chi connectivity index (χ3v) is 2.81. The van der Waals surface area contributed by atoms with Crippen molar-refractivity contribution in [1.29, 1.82) is 0 Å². The predicted octanol–water partition coefficient (Wildman–Crippen LogP) is 2.75. The first-order chi connectivity index (χ1) is 7.72. The van der Waals surface area contributed by atoms with Crippen LogP contribution in [0, 0.1) is 0 Å². The van der Waals surface area contributed by atoms with Crippen LogP contribution in [0.2, 0.25) is 0 Å². The number of carbonyl (C=O) groups excluding carboxylic acids is 1. The van der Waals surface area contributed by atoms with Gasteiger partial charge >= 0.3 is 5.97 Å². The molecule has 0 unspecified atom stereocenters. The van der Waals surface area contributed by atoms with Crippen LogP contribution in [0.25, 0.3) is 5.57 Å². The van der Waals surface area contributed by atoms with Gasteiger partial charge in [0, 0.05) is 0 Å². The molecule has 0 amide bonds. The molecule has 3 nitrogen and oxygen atoms in total. The van der Waals surface area contributed by atoms with E-state index in [1.807, 2.05) is 6.07 Å². The summed E-state index contributed by atoms with van der Waals surface area (Å²) in [4.78, 5) is 11.3. The van der Waals surface area contributed by atoms with Crippen molar-refractivity contribution in [2.75, 3.05) is 7.11 Å². The van der Waals surface area contributed by atoms with Gasteiger partial charge in [-0.2, -0.15) is 0 Å². The number of hydrogen-bond acceptors (Lipinski definition) is 3. The zero-order valence-electron chi connectivity index (χ0n) is 9.19. The molecule has 0 aliphatic heterocycles. The van der Waals surface area contributed by atoms with Gasteiger partial charge < -0.3 is 9.84 Å². The highest BCUT2D eigenvalue weighted by molar-refractivity contribution is 5.93. The molecule has 1 aromatic rings. The molecule has 16 heavy (non-hydrogen) atoms. The van der Waals surface area contributed by atoms with E-state index in [-0.39, 0.29) is 11.3 Å². The second-order valence-electron chi connectivity index (χ2n) is 3.85. The van der Waals surface area contributed by atoms with E-state index >= 15 is 0 Å². The van der Waals surface area contributed by atoms with Crippen LogP contribution in [0.1, 0.15) is 35.2 Å². The highest BCUT2D eigenvalue weighted by Gasteiger charge is 2.14. The molecule has 84 valence electrons. The Bertz CT molecular complexity index is 446. The number of carbonyl (C=O) groups is 1. The minimum atomic E-state index is -0.510. The molecular weight excluding hydrogens is 204 g/mol. The van der Waals surface area contributed by atoms with Crippen molar-refractivity contribution in [3.8, 4) is 5.75 Å². The van der Waals surface area contributed by atoms with Gasteiger partial charge in [-0.1, -0.05) is 12.1 Å². The van der Waals surface area contributed by atoms with Gasteiger partial charge in [0.2, 0.25) is 0 Å². The lowest BCUT2D eigenvalue weighted by atomic mass is 10.0. The maximum Gasteiger partial charge on any atom is 0.341 e. The molecule has 0 atom stereocenters. The van der Waals surface area contributed by atoms with E-state index in [1.54, 1.807) is 12.1 Å². The Morgan fingerprint density at radius 2 is 2.25 bits per heavy atom. The Balaban J connectivity index is 2.32. The quantitative estimate of drug-likeness (QED) is 0.776. The molecule has 0 heterocycles. The van der Waals surface area contributed by atoms with Gasteiger partial charge in [-0.25, -0.2) is 4.79 Å². The molecule has 2 rings (SSSR count). The first-order valence-corrected chi connectivity index (χ1v) is 5.33. The van der Waals surface area contributed by atoms with Gasteiger partial charge in [-0.3, -0.25) is 0 Å². The van der Waals surface area contributed by atoms with Crippen molar-refractivity contribution in [1.82, 2.24) is 0 Å². The molecule has 0 saturated heterocycles. The molecule has 0 spiro atoms. The second kappa shape index (κ2) is 4.39. The number of benzene rings is 1. The van der Waals surface area contributed by atoms with E-state index in [0.717, 1.165) is 24.8 Å². The predicted molar refractivity (Wildman–Crippen MR) is 61.3 cm³/mol. The molecular formula is C13H14O3. The van der Waals surface area contributed by atoms with Gasteiger partial charge in [-0.15, -0.1) is 0 Å². The molecule has 0 aromatic heterocycles. The van der Waals surface area contributed by atoms with Crippen molar-refractivity contribution >= 4 is 11.5 Å². The average molecular weight is 218 g/mol. The Hall–Kier alpha value is -1.77. The van der Waals surface area contributed by atoms with Gasteiger partial charge in [0.25, 0.3) is 0 Å². The molecule has 0 radical (unpaired) electrons. The summed E-state index contributed by atoms with van der Waals surface area (Å²) in [5.74, 6) is -0.526. The Morgan fingerprint density at radius 3 is 2.81 bits per heavy atom. The van der Waals surface area contributed by atoms with Gasteiger partial charge in [0.05, 0.1) is 7.11 Å². The number of rotatable bonds is 2. The number of allylic oxidation sites excluding steroid dienone is 2. The molecule has 1 N–H and O–H groups in total. The van der Waals surface area contributed by atoms with Crippen LogP contribution >= 0.6 is 0 Å². The lowest BCUT2D eigenvalue weighted by Crippen LogP contribution is -2.01. The molecule has 0 saturated carbocycles. The van der Waals surface area contributed by atoms with Crippen LogP contribution in [0.4, 0.5) is 0 Å². The fourth-order valence-corrected chi connectivity index (χ4v) is 1.95. The van der Waals surface area contributed by atoms with E-state index in [4.69, 9.17) is 0 Å². The molecule has 1 aliphatic rings. The number of phenols is 1. The van der Waals surface area contributed by atoms with Crippen LogP contribution in [-0.2, 0) is 4.74 Å². The monoisotopic (exact) mass is 218 g/mol. The number of aromatic hydroxyl groups is 1. The number of phenolic OH excluding ortho intramolecular Hbond substituents is 1. The fourth-order valence-electron chi connectivity index (χ4n) is 1.95. The molecule has 3 heteroatoms. The number of esters is 1. The Labute approximate surface area is 94.4 Å². The number of methoxy groups -OCH3 is 1. The van der Waals surface area contributed by atoms with Crippen molar-refractivity contribution in [3.63, 3.8) is 0 Å². The Kier molecular flexibility index (Phi) is 2.95. The van der Waals surface area contributed by atoms with Crippen LogP contribution in [0.5, 0.6) is 5.75 Å². The van der Waals surface area contributed by atoms with Crippen LogP contribution in [0.3, 0.4) is 0 Å². The number of hydrogen-bond donors (Lipinski definition) is 1. The lowest BCUT2D eigenvalue weighted by molar-refractivity contribution is 0.0597. The van der Waals surface area contributed by atoms with Crippen LogP contribution in [0.15, 0.2) is 24.3 Å². The summed E-state index contributed by atoms with van der Waals surface area (Å²) < 4.78 is 4.57. The Morgan fingerprint density at radius 1 is 1.44 bits per heavy atom. The van der Waals surface area contributed by atoms with Crippen molar-refractivity contribution in [2.45, 2.75) is 19.3 Å². The van der Waals surface area contributed by atoms with Gasteiger partial charge in [0.1, 0.15) is 11.3 Å². The molecule has 1 aromatic carbocycles. The first-order valence-electron chi connectivity index (χ1n) is 5.33. The summed E-state index contributed by atoms with van der Waals surface area (Å²) in [7, 11) is 1.30. The van der Waals surface area contributed by atoms with Crippen LogP contribution in [-0.4, -0.2) is 18.2 Å². The summed E-state index contributed by atoms with van der Waals surface area (Å²) in [5, 5.41) is 9.73. The number of ether oxygens (including phenoxy) is 1. The maximum absolute atomic E-state index is 11.3. The summed E-state index contributed by atoms with van der Waals surface area (Å²) in [6, 6.07) is 5.09. The zero-order valence-corrected chi connectivity index (χ0v) is 9.19. The largest absolute Gasteiger partial charge is 0.507 e. The highest BCUT2D eigenvalue weighted by Crippen LogP contribution is 2.30. The summed E-state index contributed by atoms with van der Waals surface area (Å²) in [6.07, 6.45) is 5.47. The lowest BCUT2D eigenvalue weighted by Gasteiger charge is -2.06. The van der Waals surface area contributed by atoms with E-state index in [0.29, 0.717) is 0 Å². The minimum Gasteiger partial charge on any atom is -0.507 e. The zero-order chi connectivity index (χ0) is 11.5. The van der Waals surface area contributed by atoms with Gasteiger partial charge in [0.15, 0.2) is 0 Å². The maximum atomic E-state index is 11.3. The molecule has 0 bridgehead atoms.